The van der Waals surface area contributed by atoms with Crippen molar-refractivity contribution in [1.29, 1.82) is 0 Å². The summed E-state index contributed by atoms with van der Waals surface area (Å²) in [4.78, 5) is 2.44. The lowest BCUT2D eigenvalue weighted by atomic mass is 9.79. The third-order valence-electron chi connectivity index (χ3n) is 6.34. The van der Waals surface area contributed by atoms with Gasteiger partial charge in [-0.05, 0) is 31.0 Å². The van der Waals surface area contributed by atoms with Gasteiger partial charge in [0.25, 0.3) is 0 Å². The molecule has 1 aliphatic heterocycles. The van der Waals surface area contributed by atoms with Crippen LogP contribution < -0.4 is 9.64 Å². The molecule has 0 aromatic heterocycles. The summed E-state index contributed by atoms with van der Waals surface area (Å²) in [5.74, 6) is 0.639. The van der Waals surface area contributed by atoms with E-state index in [1.807, 2.05) is 30.3 Å². The molecule has 0 unspecified atom stereocenters. The Morgan fingerprint density at radius 1 is 1.06 bits per heavy atom. The number of ether oxygens (including phenoxy) is 1. The first-order valence-corrected chi connectivity index (χ1v) is 12.9. The maximum absolute atomic E-state index is 13.7. The van der Waals surface area contributed by atoms with E-state index in [0.717, 1.165) is 44.2 Å². The molecule has 0 aliphatic carbocycles. The van der Waals surface area contributed by atoms with Crippen molar-refractivity contribution in [2.75, 3.05) is 24.3 Å². The van der Waals surface area contributed by atoms with Crippen molar-refractivity contribution >= 4 is 21.2 Å². The van der Waals surface area contributed by atoms with Crippen molar-refractivity contribution < 1.29 is 18.3 Å². The zero-order valence-electron chi connectivity index (χ0n) is 18.9. The maximum atomic E-state index is 13.7. The van der Waals surface area contributed by atoms with Gasteiger partial charge < -0.3 is 14.7 Å². The lowest BCUT2D eigenvalue weighted by Gasteiger charge is -2.37. The van der Waals surface area contributed by atoms with Crippen molar-refractivity contribution in [1.82, 2.24) is 0 Å². The Bertz CT molecular complexity index is 965. The Labute approximate surface area is 187 Å². The first kappa shape index (κ1) is 23.6. The molecule has 31 heavy (non-hydrogen) atoms. The number of anilines is 2. The average Bonchev–Trinajstić information content (AvgIpc) is 2.88. The predicted octanol–water partition coefficient (Wildman–Crippen LogP) is 5.48. The number of hydrogen-bond acceptors (Lipinski definition) is 5. The van der Waals surface area contributed by atoms with Crippen LogP contribution in [-0.2, 0) is 16.4 Å². The van der Waals surface area contributed by atoms with Crippen molar-refractivity contribution in [3.05, 3.63) is 48.0 Å². The Balaban J connectivity index is 2.25. The van der Waals surface area contributed by atoms with Gasteiger partial charge >= 0.3 is 0 Å². The third kappa shape index (κ3) is 5.07. The van der Waals surface area contributed by atoms with Crippen LogP contribution in [0.4, 0.5) is 11.4 Å². The number of aliphatic hydroxyl groups excluding tert-OH is 1. The van der Waals surface area contributed by atoms with Gasteiger partial charge in [-0.3, -0.25) is 0 Å². The van der Waals surface area contributed by atoms with Gasteiger partial charge in [-0.1, -0.05) is 57.7 Å². The van der Waals surface area contributed by atoms with Gasteiger partial charge in [0.2, 0.25) is 0 Å². The molecule has 6 heteroatoms. The van der Waals surface area contributed by atoms with Gasteiger partial charge in [0.1, 0.15) is 5.75 Å². The minimum atomic E-state index is -3.55. The molecule has 1 aliphatic rings. The number of methoxy groups -OCH3 is 1. The number of aliphatic hydroxyl groups is 1. The number of nitrogens with zero attached hydrogens (tertiary/aromatic N) is 1. The van der Waals surface area contributed by atoms with Crippen LogP contribution in [-0.4, -0.2) is 32.9 Å². The fourth-order valence-electron chi connectivity index (χ4n) is 4.68. The maximum Gasteiger partial charge on any atom is 0.181 e. The predicted molar refractivity (Wildman–Crippen MR) is 126 cm³/mol. The summed E-state index contributed by atoms with van der Waals surface area (Å²) in [6.45, 7) is 4.68. The normalized spacial score (nSPS) is 17.1. The molecule has 0 fully saturated rings. The second-order valence-electron chi connectivity index (χ2n) is 8.68. The molecule has 1 heterocycles. The van der Waals surface area contributed by atoms with Gasteiger partial charge in [0.15, 0.2) is 9.84 Å². The van der Waals surface area contributed by atoms with Crippen LogP contribution in [0.2, 0.25) is 0 Å². The van der Waals surface area contributed by atoms with E-state index in [0.29, 0.717) is 23.5 Å². The molecular weight excluding hydrogens is 410 g/mol. The summed E-state index contributed by atoms with van der Waals surface area (Å²) in [5.41, 5.74) is 1.77. The van der Waals surface area contributed by atoms with Gasteiger partial charge in [0, 0.05) is 29.3 Å². The molecule has 0 radical (unpaired) electrons. The van der Waals surface area contributed by atoms with Gasteiger partial charge in [-0.15, -0.1) is 0 Å². The summed E-state index contributed by atoms with van der Waals surface area (Å²) in [6, 6.07) is 13.4. The van der Waals surface area contributed by atoms with E-state index < -0.39 is 9.84 Å². The quantitative estimate of drug-likeness (QED) is 0.554. The molecule has 1 N–H and O–H groups in total. The summed E-state index contributed by atoms with van der Waals surface area (Å²) in [6.07, 6.45) is 5.84. The van der Waals surface area contributed by atoms with Gasteiger partial charge in [-0.25, -0.2) is 8.42 Å². The highest BCUT2D eigenvalue weighted by atomic mass is 32.2. The Morgan fingerprint density at radius 3 is 2.26 bits per heavy atom. The Kier molecular flexibility index (Phi) is 7.65. The number of hydrogen-bond donors (Lipinski definition) is 1. The molecule has 170 valence electrons. The number of rotatable bonds is 9. The standard InChI is InChI=1S/C25H35NO4S/c1-4-6-13-25(14-7-5-2)18-26(21-11-9-8-10-12-21)22-16-23(30-3)20(17-27)15-24(22)31(28,29)19-25/h8-12,15-16,27H,4-7,13-14,17-19H2,1-3H3. The van der Waals surface area contributed by atoms with Crippen LogP contribution in [0.25, 0.3) is 0 Å². The first-order chi connectivity index (χ1) is 14.9. The smallest absolute Gasteiger partial charge is 0.181 e. The summed E-state index contributed by atoms with van der Waals surface area (Å²) in [5, 5.41) is 9.82. The van der Waals surface area contributed by atoms with Gasteiger partial charge in [0.05, 0.1) is 30.1 Å². The molecule has 0 atom stereocenters. The van der Waals surface area contributed by atoms with Crippen LogP contribution in [0.1, 0.15) is 57.9 Å². The van der Waals surface area contributed by atoms with E-state index in [9.17, 15) is 13.5 Å². The molecule has 3 rings (SSSR count). The lowest BCUT2D eigenvalue weighted by Crippen LogP contribution is -2.38. The topological polar surface area (TPSA) is 66.8 Å². The van der Waals surface area contributed by atoms with Crippen LogP contribution in [0, 0.1) is 5.41 Å². The summed E-state index contributed by atoms with van der Waals surface area (Å²) in [7, 11) is -2.01. The molecule has 0 saturated carbocycles. The number of fused-ring (bicyclic) bond motifs is 1. The van der Waals surface area contributed by atoms with Crippen LogP contribution >= 0.6 is 0 Å². The van der Waals surface area contributed by atoms with Crippen molar-refractivity contribution in [2.24, 2.45) is 5.41 Å². The molecule has 2 aromatic carbocycles. The highest BCUT2D eigenvalue weighted by Crippen LogP contribution is 2.46. The number of unbranched alkanes of at least 4 members (excludes halogenated alkanes) is 2. The van der Waals surface area contributed by atoms with Gasteiger partial charge in [-0.2, -0.15) is 0 Å². The fraction of sp³-hybridized carbons (Fsp3) is 0.520. The molecule has 0 amide bonds. The third-order valence-corrected chi connectivity index (χ3v) is 8.33. The molecular formula is C25H35NO4S. The zero-order valence-corrected chi connectivity index (χ0v) is 19.7. The SMILES string of the molecule is CCCCC1(CCCC)CN(c2ccccc2)c2cc(OC)c(CO)cc2S(=O)(=O)C1. The zero-order chi connectivity index (χ0) is 22.5. The van der Waals surface area contributed by atoms with Crippen molar-refractivity contribution in [3.8, 4) is 5.75 Å². The molecule has 0 spiro atoms. The highest BCUT2D eigenvalue weighted by Gasteiger charge is 2.42. The monoisotopic (exact) mass is 445 g/mol. The largest absolute Gasteiger partial charge is 0.496 e. The second kappa shape index (κ2) is 10.0. The van der Waals surface area contributed by atoms with Crippen molar-refractivity contribution in [2.45, 2.75) is 63.9 Å². The Morgan fingerprint density at radius 2 is 1.71 bits per heavy atom. The summed E-state index contributed by atoms with van der Waals surface area (Å²) >= 11 is 0. The van der Waals surface area contributed by atoms with Crippen LogP contribution in [0.3, 0.4) is 0 Å². The molecule has 2 aromatic rings. The van der Waals surface area contributed by atoms with Crippen molar-refractivity contribution in [3.63, 3.8) is 0 Å². The van der Waals surface area contributed by atoms with E-state index in [1.165, 1.54) is 0 Å². The first-order valence-electron chi connectivity index (χ1n) is 11.3. The van der Waals surface area contributed by atoms with Crippen LogP contribution in [0.15, 0.2) is 47.4 Å². The molecule has 0 saturated heterocycles. The number of benzene rings is 2. The average molecular weight is 446 g/mol. The highest BCUT2D eigenvalue weighted by molar-refractivity contribution is 7.91. The molecule has 5 nitrogen and oxygen atoms in total. The second-order valence-corrected chi connectivity index (χ2v) is 10.6. The molecule has 0 bridgehead atoms. The lowest BCUT2D eigenvalue weighted by molar-refractivity contribution is 0.270. The minimum absolute atomic E-state index is 0.132. The van der Waals surface area contributed by atoms with Crippen LogP contribution in [0.5, 0.6) is 5.75 Å². The van der Waals surface area contributed by atoms with E-state index >= 15 is 0 Å². The number of para-hydroxylation sites is 1. The number of sulfone groups is 1. The van der Waals surface area contributed by atoms with E-state index in [-0.39, 0.29) is 22.7 Å². The van der Waals surface area contributed by atoms with E-state index in [4.69, 9.17) is 4.74 Å². The fourth-order valence-corrected chi connectivity index (χ4v) is 6.83. The van der Waals surface area contributed by atoms with E-state index in [1.54, 1.807) is 19.2 Å². The minimum Gasteiger partial charge on any atom is -0.496 e. The van der Waals surface area contributed by atoms with E-state index in [2.05, 4.69) is 18.7 Å². The summed E-state index contributed by atoms with van der Waals surface area (Å²) < 4.78 is 33.0. The Hall–Kier alpha value is -2.05.